The quantitative estimate of drug-likeness (QED) is 0.717. The smallest absolute Gasteiger partial charge is 0.234 e. The van der Waals surface area contributed by atoms with Gasteiger partial charge in [0.1, 0.15) is 5.82 Å². The number of carbonyl (C=O) groups is 1. The van der Waals surface area contributed by atoms with Crippen LogP contribution in [-0.4, -0.2) is 16.6 Å². The number of fused-ring (bicyclic) bond motifs is 1. The summed E-state index contributed by atoms with van der Waals surface area (Å²) in [7, 11) is 0. The van der Waals surface area contributed by atoms with Crippen LogP contribution in [0.5, 0.6) is 0 Å². The van der Waals surface area contributed by atoms with Gasteiger partial charge in [0.25, 0.3) is 0 Å². The summed E-state index contributed by atoms with van der Waals surface area (Å²) in [5.74, 6) is -0.295. The van der Waals surface area contributed by atoms with Gasteiger partial charge < -0.3 is 5.32 Å². The fraction of sp³-hybridized carbons (Fsp3) is 0.125. The molecule has 0 saturated heterocycles. The standard InChI is InChI=1S/C16H13FN2OS2/c1-10-18-13-7-6-11(8-15(13)22-10)19-16(20)9-21-14-5-3-2-4-12(14)17/h2-8H,9H2,1H3,(H,19,20). The number of benzene rings is 2. The minimum atomic E-state index is -0.304. The first-order valence-electron chi connectivity index (χ1n) is 6.66. The van der Waals surface area contributed by atoms with Gasteiger partial charge in [-0.05, 0) is 37.3 Å². The highest BCUT2D eigenvalue weighted by molar-refractivity contribution is 8.00. The molecule has 3 aromatic rings. The van der Waals surface area contributed by atoms with E-state index in [9.17, 15) is 9.18 Å². The lowest BCUT2D eigenvalue weighted by atomic mass is 10.3. The normalized spacial score (nSPS) is 10.8. The number of amides is 1. The van der Waals surface area contributed by atoms with Crippen molar-refractivity contribution in [2.45, 2.75) is 11.8 Å². The Labute approximate surface area is 135 Å². The van der Waals surface area contributed by atoms with Crippen molar-refractivity contribution in [2.24, 2.45) is 0 Å². The van der Waals surface area contributed by atoms with Gasteiger partial charge in [0, 0.05) is 10.6 Å². The SMILES string of the molecule is Cc1nc2ccc(NC(=O)CSc3ccccc3F)cc2s1. The molecule has 0 spiro atoms. The third kappa shape index (κ3) is 3.45. The van der Waals surface area contributed by atoms with Crippen molar-refractivity contribution in [3.8, 4) is 0 Å². The first-order chi connectivity index (χ1) is 10.6. The second-order valence-electron chi connectivity index (χ2n) is 4.68. The molecule has 1 N–H and O–H groups in total. The fourth-order valence-electron chi connectivity index (χ4n) is 2.02. The van der Waals surface area contributed by atoms with E-state index in [2.05, 4.69) is 10.3 Å². The number of thiazole rings is 1. The van der Waals surface area contributed by atoms with E-state index in [1.54, 1.807) is 29.5 Å². The van der Waals surface area contributed by atoms with Gasteiger partial charge in [-0.15, -0.1) is 23.1 Å². The van der Waals surface area contributed by atoms with Crippen LogP contribution in [0.4, 0.5) is 10.1 Å². The van der Waals surface area contributed by atoms with E-state index >= 15 is 0 Å². The molecule has 1 aromatic heterocycles. The molecular formula is C16H13FN2OS2. The number of hydrogen-bond donors (Lipinski definition) is 1. The average molecular weight is 332 g/mol. The Hall–Kier alpha value is -1.92. The Morgan fingerprint density at radius 3 is 2.95 bits per heavy atom. The van der Waals surface area contributed by atoms with Crippen LogP contribution in [0.1, 0.15) is 5.01 Å². The van der Waals surface area contributed by atoms with Gasteiger partial charge in [-0.3, -0.25) is 4.79 Å². The van der Waals surface area contributed by atoms with Gasteiger partial charge >= 0.3 is 0 Å². The minimum absolute atomic E-state index is 0.158. The summed E-state index contributed by atoms with van der Waals surface area (Å²) in [5.41, 5.74) is 1.66. The van der Waals surface area contributed by atoms with Crippen molar-refractivity contribution in [3.05, 3.63) is 53.3 Å². The number of thioether (sulfide) groups is 1. The number of halogens is 1. The van der Waals surface area contributed by atoms with Gasteiger partial charge in [0.05, 0.1) is 21.0 Å². The van der Waals surface area contributed by atoms with Crippen LogP contribution in [0.15, 0.2) is 47.4 Å². The maximum atomic E-state index is 13.5. The third-order valence-corrected chi connectivity index (χ3v) is 4.96. The molecule has 22 heavy (non-hydrogen) atoms. The molecule has 3 nitrogen and oxygen atoms in total. The number of nitrogens with zero attached hydrogens (tertiary/aromatic N) is 1. The average Bonchev–Trinajstić information content (AvgIpc) is 2.86. The van der Waals surface area contributed by atoms with Crippen LogP contribution >= 0.6 is 23.1 Å². The monoisotopic (exact) mass is 332 g/mol. The number of nitrogens with one attached hydrogen (secondary N) is 1. The van der Waals surface area contributed by atoms with E-state index in [4.69, 9.17) is 0 Å². The summed E-state index contributed by atoms with van der Waals surface area (Å²) < 4.78 is 14.5. The molecule has 3 rings (SSSR count). The van der Waals surface area contributed by atoms with E-state index in [1.807, 2.05) is 25.1 Å². The molecule has 6 heteroatoms. The lowest BCUT2D eigenvalue weighted by Crippen LogP contribution is -2.13. The second kappa shape index (κ2) is 6.46. The zero-order valence-corrected chi connectivity index (χ0v) is 13.4. The van der Waals surface area contributed by atoms with Crippen molar-refractivity contribution in [1.82, 2.24) is 4.98 Å². The van der Waals surface area contributed by atoms with Gasteiger partial charge in [-0.1, -0.05) is 12.1 Å². The van der Waals surface area contributed by atoms with Crippen molar-refractivity contribution >= 4 is 44.9 Å². The summed E-state index contributed by atoms with van der Waals surface area (Å²) in [5, 5.41) is 3.82. The number of anilines is 1. The number of hydrogen-bond acceptors (Lipinski definition) is 4. The molecule has 1 amide bonds. The highest BCUT2D eigenvalue weighted by Crippen LogP contribution is 2.25. The maximum absolute atomic E-state index is 13.5. The maximum Gasteiger partial charge on any atom is 0.234 e. The predicted octanol–water partition coefficient (Wildman–Crippen LogP) is 4.47. The molecule has 0 aliphatic heterocycles. The Bertz CT molecular complexity index is 832. The summed E-state index contributed by atoms with van der Waals surface area (Å²) in [6.45, 7) is 1.95. The molecule has 0 atom stereocenters. The van der Waals surface area contributed by atoms with Crippen LogP contribution in [0.2, 0.25) is 0 Å². The second-order valence-corrected chi connectivity index (χ2v) is 6.93. The topological polar surface area (TPSA) is 42.0 Å². The lowest BCUT2D eigenvalue weighted by molar-refractivity contribution is -0.113. The molecular weight excluding hydrogens is 319 g/mol. The Kier molecular flexibility index (Phi) is 4.40. The van der Waals surface area contributed by atoms with E-state index in [1.165, 1.54) is 17.8 Å². The van der Waals surface area contributed by atoms with Crippen molar-refractivity contribution < 1.29 is 9.18 Å². The number of aryl methyl sites for hydroxylation is 1. The summed E-state index contributed by atoms with van der Waals surface area (Å²) in [6.07, 6.45) is 0. The van der Waals surface area contributed by atoms with E-state index in [0.717, 1.165) is 20.9 Å². The summed E-state index contributed by atoms with van der Waals surface area (Å²) in [6, 6.07) is 12.1. The van der Waals surface area contributed by atoms with Crippen LogP contribution < -0.4 is 5.32 Å². The largest absolute Gasteiger partial charge is 0.325 e. The van der Waals surface area contributed by atoms with E-state index in [-0.39, 0.29) is 17.5 Å². The highest BCUT2D eigenvalue weighted by atomic mass is 32.2. The van der Waals surface area contributed by atoms with Gasteiger partial charge in [0.2, 0.25) is 5.91 Å². The molecule has 0 saturated carbocycles. The number of aromatic nitrogens is 1. The van der Waals surface area contributed by atoms with Crippen LogP contribution in [0.3, 0.4) is 0 Å². The molecule has 0 aliphatic rings. The molecule has 0 radical (unpaired) electrons. The van der Waals surface area contributed by atoms with Crippen molar-refractivity contribution in [2.75, 3.05) is 11.1 Å². The molecule has 2 aromatic carbocycles. The van der Waals surface area contributed by atoms with Crippen LogP contribution in [-0.2, 0) is 4.79 Å². The molecule has 0 bridgehead atoms. The van der Waals surface area contributed by atoms with E-state index < -0.39 is 0 Å². The summed E-state index contributed by atoms with van der Waals surface area (Å²) >= 11 is 2.77. The first kappa shape index (κ1) is 15.0. The van der Waals surface area contributed by atoms with E-state index in [0.29, 0.717) is 4.90 Å². The highest BCUT2D eigenvalue weighted by Gasteiger charge is 2.08. The molecule has 0 aliphatic carbocycles. The van der Waals surface area contributed by atoms with Crippen molar-refractivity contribution in [3.63, 3.8) is 0 Å². The number of carbonyl (C=O) groups excluding carboxylic acids is 1. The zero-order chi connectivity index (χ0) is 15.5. The fourth-order valence-corrected chi connectivity index (χ4v) is 3.63. The third-order valence-electron chi connectivity index (χ3n) is 2.97. The van der Waals surface area contributed by atoms with Crippen LogP contribution in [0.25, 0.3) is 10.2 Å². The lowest BCUT2D eigenvalue weighted by Gasteiger charge is -2.05. The van der Waals surface area contributed by atoms with Gasteiger partial charge in [-0.25, -0.2) is 9.37 Å². The van der Waals surface area contributed by atoms with Gasteiger partial charge in [0.15, 0.2) is 0 Å². The molecule has 0 fully saturated rings. The van der Waals surface area contributed by atoms with Crippen LogP contribution in [0, 0.1) is 12.7 Å². The zero-order valence-electron chi connectivity index (χ0n) is 11.8. The Balaban J connectivity index is 1.64. The minimum Gasteiger partial charge on any atom is -0.325 e. The summed E-state index contributed by atoms with van der Waals surface area (Å²) in [4.78, 5) is 16.8. The molecule has 0 unspecified atom stereocenters. The Morgan fingerprint density at radius 1 is 1.32 bits per heavy atom. The van der Waals surface area contributed by atoms with Gasteiger partial charge in [-0.2, -0.15) is 0 Å². The first-order valence-corrected chi connectivity index (χ1v) is 8.46. The van der Waals surface area contributed by atoms with Crippen molar-refractivity contribution in [1.29, 1.82) is 0 Å². The molecule has 112 valence electrons. The number of rotatable bonds is 4. The Morgan fingerprint density at radius 2 is 2.14 bits per heavy atom. The predicted molar refractivity (Wildman–Crippen MR) is 90.1 cm³/mol. The molecule has 1 heterocycles.